The lowest BCUT2D eigenvalue weighted by molar-refractivity contribution is -0.132. The van der Waals surface area contributed by atoms with E-state index in [9.17, 15) is 14.2 Å². The molecule has 1 aliphatic rings. The van der Waals surface area contributed by atoms with E-state index in [4.69, 9.17) is 19.3 Å². The Labute approximate surface area is 112 Å². The molecule has 108 valence electrons. The molecular formula is C11H18O7P+. The van der Waals surface area contributed by atoms with Gasteiger partial charge in [-0.3, -0.25) is 0 Å². The van der Waals surface area contributed by atoms with Crippen LogP contribution in [0.4, 0.5) is 0 Å². The number of carboxylic acid groups (broad SMARTS) is 2. The van der Waals surface area contributed by atoms with Crippen LogP contribution in [0.15, 0.2) is 25.3 Å². The summed E-state index contributed by atoms with van der Waals surface area (Å²) in [5, 5.41) is 15.2. The maximum absolute atomic E-state index is 10.5. The zero-order valence-electron chi connectivity index (χ0n) is 10.5. The third-order valence-corrected chi connectivity index (χ3v) is 2.32. The summed E-state index contributed by atoms with van der Waals surface area (Å²) < 4.78 is 20.1. The van der Waals surface area contributed by atoms with Gasteiger partial charge in [-0.25, -0.2) is 9.59 Å². The van der Waals surface area contributed by atoms with E-state index in [-0.39, 0.29) is 0 Å². The summed E-state index contributed by atoms with van der Waals surface area (Å²) in [6.07, 6.45) is 4.79. The Morgan fingerprint density at radius 3 is 1.53 bits per heavy atom. The number of carboxylic acids is 2. The highest BCUT2D eigenvalue weighted by molar-refractivity contribution is 7.33. The third kappa shape index (κ3) is 22.2. The summed E-state index contributed by atoms with van der Waals surface area (Å²) in [4.78, 5) is 18.5. The highest BCUT2D eigenvalue weighted by Crippen LogP contribution is 2.26. The van der Waals surface area contributed by atoms with E-state index in [1.165, 1.54) is 0 Å². The molecule has 0 unspecified atom stereocenters. The van der Waals surface area contributed by atoms with Crippen LogP contribution in [0.5, 0.6) is 0 Å². The second kappa shape index (κ2) is 14.5. The first-order chi connectivity index (χ1) is 8.93. The number of hydrogen-bond acceptors (Lipinski definition) is 5. The Kier molecular flexibility index (Phi) is 15.1. The van der Waals surface area contributed by atoms with Crippen molar-refractivity contribution in [2.45, 2.75) is 19.3 Å². The van der Waals surface area contributed by atoms with Crippen LogP contribution in [0.3, 0.4) is 0 Å². The van der Waals surface area contributed by atoms with E-state index >= 15 is 0 Å². The molecule has 0 amide bonds. The Hall–Kier alpha value is -1.56. The average molecular weight is 293 g/mol. The molecule has 1 aliphatic heterocycles. The average Bonchev–Trinajstić information content (AvgIpc) is 2.35. The number of aliphatic carboxylic acids is 2. The van der Waals surface area contributed by atoms with Gasteiger partial charge in [-0.1, -0.05) is 13.2 Å². The lowest BCUT2D eigenvalue weighted by atomic mass is 10.2. The molecule has 0 aromatic rings. The Balaban J connectivity index is 0. The molecule has 1 heterocycles. The summed E-state index contributed by atoms with van der Waals surface area (Å²) in [5.74, 6) is -1.96. The second-order valence-electron chi connectivity index (χ2n) is 3.04. The predicted octanol–water partition coefficient (Wildman–Crippen LogP) is 2.37. The first kappa shape index (κ1) is 19.8. The van der Waals surface area contributed by atoms with E-state index in [0.29, 0.717) is 13.2 Å². The van der Waals surface area contributed by atoms with Gasteiger partial charge in [0.2, 0.25) is 0 Å². The van der Waals surface area contributed by atoms with Crippen molar-refractivity contribution in [3.05, 3.63) is 25.3 Å². The topological polar surface area (TPSA) is 110 Å². The van der Waals surface area contributed by atoms with Crippen molar-refractivity contribution in [1.82, 2.24) is 0 Å². The first-order valence-electron chi connectivity index (χ1n) is 5.37. The van der Waals surface area contributed by atoms with Crippen molar-refractivity contribution in [2.75, 3.05) is 13.2 Å². The van der Waals surface area contributed by atoms with Crippen LogP contribution in [-0.2, 0) is 23.2 Å². The van der Waals surface area contributed by atoms with Crippen LogP contribution in [0.2, 0.25) is 0 Å². The molecule has 0 atom stereocenters. The Morgan fingerprint density at radius 2 is 1.26 bits per heavy atom. The maximum Gasteiger partial charge on any atom is 0.697 e. The molecule has 8 heteroatoms. The maximum atomic E-state index is 10.5. The highest BCUT2D eigenvalue weighted by atomic mass is 31.1. The van der Waals surface area contributed by atoms with E-state index in [1.807, 2.05) is 0 Å². The smallest absolute Gasteiger partial charge is 0.478 e. The predicted molar refractivity (Wildman–Crippen MR) is 69.0 cm³/mol. The molecule has 0 aliphatic carbocycles. The van der Waals surface area contributed by atoms with E-state index < -0.39 is 20.2 Å². The number of carbonyl (C=O) groups is 2. The molecule has 1 fully saturated rings. The van der Waals surface area contributed by atoms with Gasteiger partial charge in [0.25, 0.3) is 0 Å². The van der Waals surface area contributed by atoms with Crippen molar-refractivity contribution in [3.63, 3.8) is 0 Å². The highest BCUT2D eigenvalue weighted by Gasteiger charge is 2.20. The summed E-state index contributed by atoms with van der Waals surface area (Å²) in [5.41, 5.74) is 0. The fourth-order valence-electron chi connectivity index (χ4n) is 0.696. The Bertz CT molecular complexity index is 286. The fourth-order valence-corrected chi connectivity index (χ4v) is 1.33. The normalized spacial score (nSPS) is 14.2. The Morgan fingerprint density at radius 1 is 0.947 bits per heavy atom. The molecule has 19 heavy (non-hydrogen) atoms. The molecule has 0 bridgehead atoms. The van der Waals surface area contributed by atoms with Crippen molar-refractivity contribution < 1.29 is 33.4 Å². The summed E-state index contributed by atoms with van der Waals surface area (Å²) in [7, 11) is -1.79. The first-order valence-corrected chi connectivity index (χ1v) is 6.47. The minimum absolute atomic E-state index is 0.579. The van der Waals surface area contributed by atoms with Crippen molar-refractivity contribution in [2.24, 2.45) is 0 Å². The molecule has 0 aromatic heterocycles. The van der Waals surface area contributed by atoms with Gasteiger partial charge in [0.15, 0.2) is 0 Å². The number of rotatable bonds is 2. The molecule has 7 nitrogen and oxygen atoms in total. The lowest BCUT2D eigenvalue weighted by Crippen LogP contribution is -1.96. The molecule has 2 N–H and O–H groups in total. The van der Waals surface area contributed by atoms with E-state index in [2.05, 4.69) is 13.2 Å². The van der Waals surface area contributed by atoms with Gasteiger partial charge in [0.1, 0.15) is 13.2 Å². The summed E-state index contributed by atoms with van der Waals surface area (Å²) in [6, 6.07) is 0. The zero-order valence-corrected chi connectivity index (χ0v) is 11.4. The minimum atomic E-state index is -1.79. The quantitative estimate of drug-likeness (QED) is 0.594. The van der Waals surface area contributed by atoms with Gasteiger partial charge in [-0.15, -0.1) is 9.05 Å². The molecule has 0 radical (unpaired) electrons. The molecular weight excluding hydrogens is 275 g/mol. The standard InChI is InChI=1S/C5H10O3P.2C3H4O2/c6-9-7-4-2-1-3-5-8-9;2*1-2-3(4)5/h1-5H2;2*2H,1H2,(H,4,5)/q+1;;. The van der Waals surface area contributed by atoms with Crippen LogP contribution in [-0.4, -0.2) is 35.4 Å². The van der Waals surface area contributed by atoms with Gasteiger partial charge in [0, 0.05) is 16.7 Å². The van der Waals surface area contributed by atoms with Crippen LogP contribution in [0.1, 0.15) is 19.3 Å². The van der Waals surface area contributed by atoms with E-state index in [1.54, 1.807) is 0 Å². The SMILES string of the molecule is C=CC(=O)O.C=CC(=O)O.O=[P+]1OCCCCCO1. The van der Waals surface area contributed by atoms with Crippen molar-refractivity contribution in [3.8, 4) is 0 Å². The van der Waals surface area contributed by atoms with Gasteiger partial charge >= 0.3 is 20.2 Å². The molecule has 0 saturated carbocycles. The van der Waals surface area contributed by atoms with Gasteiger partial charge in [0.05, 0.1) is 0 Å². The van der Waals surface area contributed by atoms with Crippen LogP contribution in [0, 0.1) is 0 Å². The van der Waals surface area contributed by atoms with Crippen LogP contribution >= 0.6 is 8.25 Å². The molecule has 1 rings (SSSR count). The largest absolute Gasteiger partial charge is 0.697 e. The van der Waals surface area contributed by atoms with Crippen molar-refractivity contribution in [1.29, 1.82) is 0 Å². The third-order valence-electron chi connectivity index (χ3n) is 1.53. The van der Waals surface area contributed by atoms with Crippen LogP contribution < -0.4 is 0 Å². The number of hydrogen-bond donors (Lipinski definition) is 2. The van der Waals surface area contributed by atoms with Gasteiger partial charge in [-0.05, 0) is 19.3 Å². The fraction of sp³-hybridized carbons (Fsp3) is 0.455. The minimum Gasteiger partial charge on any atom is -0.478 e. The zero-order chi connectivity index (χ0) is 15.1. The van der Waals surface area contributed by atoms with E-state index in [0.717, 1.165) is 31.4 Å². The lowest BCUT2D eigenvalue weighted by Gasteiger charge is -1.97. The van der Waals surface area contributed by atoms with Crippen molar-refractivity contribution >= 4 is 20.2 Å². The van der Waals surface area contributed by atoms with Gasteiger partial charge < -0.3 is 10.2 Å². The monoisotopic (exact) mass is 293 g/mol. The summed E-state index contributed by atoms with van der Waals surface area (Å²) >= 11 is 0. The molecule has 0 spiro atoms. The second-order valence-corrected chi connectivity index (χ2v) is 4.00. The van der Waals surface area contributed by atoms with Crippen LogP contribution in [0.25, 0.3) is 0 Å². The summed E-state index contributed by atoms with van der Waals surface area (Å²) in [6.45, 7) is 7.08. The molecule has 0 aromatic carbocycles. The molecule has 1 saturated heterocycles. The van der Waals surface area contributed by atoms with Gasteiger partial charge in [-0.2, -0.15) is 0 Å².